The predicted molar refractivity (Wildman–Crippen MR) is 78.9 cm³/mol. The van der Waals surface area contributed by atoms with Crippen molar-refractivity contribution in [3.8, 4) is 0 Å². The van der Waals surface area contributed by atoms with Gasteiger partial charge in [0.2, 0.25) is 0 Å². The van der Waals surface area contributed by atoms with Crippen molar-refractivity contribution in [2.75, 3.05) is 18.9 Å². The van der Waals surface area contributed by atoms with E-state index in [1.807, 2.05) is 0 Å². The Balaban J connectivity index is 2.01. The van der Waals surface area contributed by atoms with Crippen molar-refractivity contribution in [3.05, 3.63) is 28.2 Å². The van der Waals surface area contributed by atoms with Crippen molar-refractivity contribution in [2.24, 2.45) is 5.41 Å². The van der Waals surface area contributed by atoms with Crippen LogP contribution in [0.1, 0.15) is 36.0 Å². The minimum absolute atomic E-state index is 0.132. The predicted octanol–water partition coefficient (Wildman–Crippen LogP) is 2.31. The lowest BCUT2D eigenvalue weighted by Crippen LogP contribution is -2.38. The lowest BCUT2D eigenvalue weighted by molar-refractivity contribution is 0.0880. The molecule has 0 saturated heterocycles. The minimum atomic E-state index is -0.146. The molecule has 0 aliphatic heterocycles. The maximum absolute atomic E-state index is 12.1. The van der Waals surface area contributed by atoms with E-state index in [2.05, 4.69) is 21.2 Å². The second-order valence-corrected chi connectivity index (χ2v) is 6.24. The second kappa shape index (κ2) is 5.92. The van der Waals surface area contributed by atoms with Gasteiger partial charge in [-0.25, -0.2) is 0 Å². The molecular weight excluding hydrogens is 308 g/mol. The highest BCUT2D eigenvalue weighted by Crippen LogP contribution is 2.36. The molecule has 0 atom stereocenters. The molecule has 19 heavy (non-hydrogen) atoms. The highest BCUT2D eigenvalue weighted by atomic mass is 79.9. The van der Waals surface area contributed by atoms with Crippen LogP contribution in [-0.2, 0) is 0 Å². The number of aliphatic hydroxyl groups excluding tert-OH is 1. The maximum Gasteiger partial charge on any atom is 0.251 e. The molecule has 2 rings (SSSR count). The van der Waals surface area contributed by atoms with E-state index < -0.39 is 0 Å². The van der Waals surface area contributed by atoms with Crippen LogP contribution < -0.4 is 11.1 Å². The number of anilines is 1. The van der Waals surface area contributed by atoms with Crippen LogP contribution in [0.2, 0.25) is 0 Å². The average Bonchev–Trinajstić information content (AvgIpc) is 2.84. The smallest absolute Gasteiger partial charge is 0.251 e. The summed E-state index contributed by atoms with van der Waals surface area (Å²) in [7, 11) is 0. The van der Waals surface area contributed by atoms with E-state index in [9.17, 15) is 9.90 Å². The van der Waals surface area contributed by atoms with E-state index in [0.29, 0.717) is 17.8 Å². The van der Waals surface area contributed by atoms with E-state index in [4.69, 9.17) is 5.73 Å². The molecule has 0 spiro atoms. The topological polar surface area (TPSA) is 75.4 Å². The Hall–Kier alpha value is -1.07. The Labute approximate surface area is 121 Å². The maximum atomic E-state index is 12.1. The number of carbonyl (C=O) groups is 1. The lowest BCUT2D eigenvalue weighted by atomic mass is 9.87. The average molecular weight is 327 g/mol. The second-order valence-electron chi connectivity index (χ2n) is 5.32. The van der Waals surface area contributed by atoms with Crippen molar-refractivity contribution in [2.45, 2.75) is 25.7 Å². The van der Waals surface area contributed by atoms with Gasteiger partial charge in [-0.3, -0.25) is 4.79 Å². The highest BCUT2D eigenvalue weighted by molar-refractivity contribution is 9.10. The van der Waals surface area contributed by atoms with E-state index in [1.54, 1.807) is 18.2 Å². The largest absolute Gasteiger partial charge is 0.399 e. The van der Waals surface area contributed by atoms with Crippen molar-refractivity contribution in [1.29, 1.82) is 0 Å². The van der Waals surface area contributed by atoms with Gasteiger partial charge in [0.15, 0.2) is 0 Å². The fourth-order valence-corrected chi connectivity index (χ4v) is 3.14. The molecule has 1 amide bonds. The monoisotopic (exact) mass is 326 g/mol. The van der Waals surface area contributed by atoms with E-state index in [0.717, 1.165) is 30.2 Å². The van der Waals surface area contributed by atoms with Gasteiger partial charge in [0.05, 0.1) is 6.61 Å². The third-order valence-electron chi connectivity index (χ3n) is 3.81. The molecule has 4 nitrogen and oxygen atoms in total. The first-order valence-corrected chi connectivity index (χ1v) is 7.29. The number of amides is 1. The van der Waals surface area contributed by atoms with Gasteiger partial charge in [-0.1, -0.05) is 28.8 Å². The number of halogens is 1. The minimum Gasteiger partial charge on any atom is -0.399 e. The number of hydrogen-bond acceptors (Lipinski definition) is 3. The van der Waals surface area contributed by atoms with Gasteiger partial charge in [-0.05, 0) is 31.0 Å². The normalized spacial score (nSPS) is 17.4. The SMILES string of the molecule is Nc1cc(Br)cc(C(=O)NCC2(CO)CCCC2)c1. The van der Waals surface area contributed by atoms with Gasteiger partial charge in [0.1, 0.15) is 0 Å². The van der Waals surface area contributed by atoms with Crippen LogP contribution in [0.4, 0.5) is 5.69 Å². The molecule has 104 valence electrons. The van der Waals surface area contributed by atoms with Gasteiger partial charge < -0.3 is 16.2 Å². The fourth-order valence-electron chi connectivity index (χ4n) is 2.63. The Morgan fingerprint density at radius 3 is 2.63 bits per heavy atom. The summed E-state index contributed by atoms with van der Waals surface area (Å²) in [5.41, 5.74) is 6.68. The third kappa shape index (κ3) is 3.48. The zero-order chi connectivity index (χ0) is 13.9. The number of nitrogens with two attached hydrogens (primary N) is 1. The first-order valence-electron chi connectivity index (χ1n) is 6.50. The summed E-state index contributed by atoms with van der Waals surface area (Å²) in [6.45, 7) is 0.655. The fraction of sp³-hybridized carbons (Fsp3) is 0.500. The molecule has 5 heteroatoms. The van der Waals surface area contributed by atoms with Crippen LogP contribution >= 0.6 is 15.9 Å². The van der Waals surface area contributed by atoms with Gasteiger partial charge in [0, 0.05) is 27.7 Å². The van der Waals surface area contributed by atoms with Gasteiger partial charge in [-0.2, -0.15) is 0 Å². The molecule has 1 aliphatic carbocycles. The molecule has 1 aliphatic rings. The summed E-state index contributed by atoms with van der Waals surface area (Å²) in [6, 6.07) is 5.15. The summed E-state index contributed by atoms with van der Waals surface area (Å²) >= 11 is 3.32. The number of rotatable bonds is 4. The summed E-state index contributed by atoms with van der Waals surface area (Å²) in [5, 5.41) is 12.4. The summed E-state index contributed by atoms with van der Waals surface area (Å²) in [5.74, 6) is -0.146. The third-order valence-corrected chi connectivity index (χ3v) is 4.26. The Bertz CT molecular complexity index is 450. The standard InChI is InChI=1S/C14H19BrN2O2/c15-11-5-10(6-12(16)7-11)13(19)17-8-14(9-18)3-1-2-4-14/h5-7,18H,1-4,8-9,16H2,(H,17,19). The van der Waals surface area contributed by atoms with Gasteiger partial charge in [-0.15, -0.1) is 0 Å². The first-order chi connectivity index (χ1) is 9.04. The quantitative estimate of drug-likeness (QED) is 0.743. The molecule has 0 radical (unpaired) electrons. The molecule has 1 aromatic carbocycles. The summed E-state index contributed by atoms with van der Waals surface area (Å²) < 4.78 is 0.787. The Morgan fingerprint density at radius 2 is 2.05 bits per heavy atom. The first kappa shape index (κ1) is 14.3. The summed E-state index contributed by atoms with van der Waals surface area (Å²) in [4.78, 5) is 12.1. The van der Waals surface area contributed by atoms with Crippen LogP contribution in [0.3, 0.4) is 0 Å². The zero-order valence-electron chi connectivity index (χ0n) is 10.8. The van der Waals surface area contributed by atoms with Crippen molar-refractivity contribution in [1.82, 2.24) is 5.32 Å². The molecule has 1 fully saturated rings. The number of nitrogens with one attached hydrogen (secondary N) is 1. The van der Waals surface area contributed by atoms with Gasteiger partial charge >= 0.3 is 0 Å². The van der Waals surface area contributed by atoms with Crippen LogP contribution in [-0.4, -0.2) is 24.2 Å². The number of hydrogen-bond donors (Lipinski definition) is 3. The molecule has 0 bridgehead atoms. The summed E-state index contributed by atoms with van der Waals surface area (Å²) in [6.07, 6.45) is 4.20. The Kier molecular flexibility index (Phi) is 4.47. The number of aliphatic hydroxyl groups is 1. The molecular formula is C14H19BrN2O2. The zero-order valence-corrected chi connectivity index (χ0v) is 12.4. The van der Waals surface area contributed by atoms with Crippen molar-refractivity contribution in [3.63, 3.8) is 0 Å². The van der Waals surface area contributed by atoms with Crippen molar-refractivity contribution >= 4 is 27.5 Å². The van der Waals surface area contributed by atoms with Crippen LogP contribution in [0.5, 0.6) is 0 Å². The lowest BCUT2D eigenvalue weighted by Gasteiger charge is -2.26. The van der Waals surface area contributed by atoms with E-state index in [1.165, 1.54) is 0 Å². The molecule has 0 unspecified atom stereocenters. The van der Waals surface area contributed by atoms with Crippen LogP contribution in [0.25, 0.3) is 0 Å². The molecule has 4 N–H and O–H groups in total. The molecule has 1 aromatic rings. The molecule has 0 heterocycles. The Morgan fingerprint density at radius 1 is 1.37 bits per heavy atom. The number of nitrogen functional groups attached to an aromatic ring is 1. The van der Waals surface area contributed by atoms with Gasteiger partial charge in [0.25, 0.3) is 5.91 Å². The van der Waals surface area contributed by atoms with Crippen LogP contribution in [0, 0.1) is 5.41 Å². The molecule has 1 saturated carbocycles. The number of benzene rings is 1. The molecule has 0 aromatic heterocycles. The number of carbonyl (C=O) groups excluding carboxylic acids is 1. The van der Waals surface area contributed by atoms with Crippen LogP contribution in [0.15, 0.2) is 22.7 Å². The van der Waals surface area contributed by atoms with E-state index in [-0.39, 0.29) is 17.9 Å². The van der Waals surface area contributed by atoms with E-state index >= 15 is 0 Å². The highest BCUT2D eigenvalue weighted by Gasteiger charge is 2.33. The van der Waals surface area contributed by atoms with Crippen molar-refractivity contribution < 1.29 is 9.90 Å².